The monoisotopic (exact) mass is 424 g/mol. The van der Waals surface area contributed by atoms with Crippen LogP contribution in [0.1, 0.15) is 67.1 Å². The molecule has 0 aromatic carbocycles. The van der Waals surface area contributed by atoms with Crippen molar-refractivity contribution in [2.24, 2.45) is 0 Å². The maximum Gasteiger partial charge on any atom is 0.417 e. The maximum absolute atomic E-state index is 14.6. The summed E-state index contributed by atoms with van der Waals surface area (Å²) in [5, 5.41) is 0. The molecule has 0 bridgehead atoms. The van der Waals surface area contributed by atoms with Gasteiger partial charge in [-0.1, -0.05) is 41.5 Å². The van der Waals surface area contributed by atoms with Gasteiger partial charge in [0.05, 0.1) is 6.10 Å². The van der Waals surface area contributed by atoms with E-state index in [4.69, 9.17) is 9.16 Å². The minimum Gasteiger partial charge on any atom is -0.446 e. The molecule has 0 aliphatic carbocycles. The Kier molecular flexibility index (Phi) is 7.22. The van der Waals surface area contributed by atoms with Crippen molar-refractivity contribution in [3.05, 3.63) is 29.8 Å². The lowest BCUT2D eigenvalue weighted by atomic mass is 9.95. The highest BCUT2D eigenvalue weighted by Crippen LogP contribution is 2.48. The van der Waals surface area contributed by atoms with Gasteiger partial charge < -0.3 is 9.16 Å². The Morgan fingerprint density at radius 1 is 1.10 bits per heavy atom. The van der Waals surface area contributed by atoms with E-state index in [9.17, 15) is 14.0 Å². The van der Waals surface area contributed by atoms with E-state index in [2.05, 4.69) is 46.5 Å². The largest absolute Gasteiger partial charge is 0.446 e. The summed E-state index contributed by atoms with van der Waals surface area (Å²) < 4.78 is 26.4. The van der Waals surface area contributed by atoms with Crippen molar-refractivity contribution >= 4 is 20.3 Å². The highest BCUT2D eigenvalue weighted by molar-refractivity contribution is 6.77. The highest BCUT2D eigenvalue weighted by atomic mass is 28.4. The van der Waals surface area contributed by atoms with Crippen LogP contribution < -0.4 is 0 Å². The number of pyridine rings is 1. The van der Waals surface area contributed by atoms with Gasteiger partial charge >= 0.3 is 6.09 Å². The summed E-state index contributed by atoms with van der Waals surface area (Å²) in [5.41, 5.74) is 0.737. The molecule has 1 aromatic heterocycles. The third-order valence-corrected chi connectivity index (χ3v) is 11.8. The van der Waals surface area contributed by atoms with Gasteiger partial charge in [0, 0.05) is 6.20 Å². The molecule has 0 spiro atoms. The first-order chi connectivity index (χ1) is 13.4. The van der Waals surface area contributed by atoms with E-state index in [1.807, 2.05) is 0 Å². The molecule has 0 unspecified atom stereocenters. The van der Waals surface area contributed by atoms with Gasteiger partial charge in [-0.15, -0.1) is 0 Å². The Balaban J connectivity index is 2.48. The van der Waals surface area contributed by atoms with Gasteiger partial charge in [0.2, 0.25) is 8.32 Å². The molecule has 1 aromatic rings. The number of β-lactam (4-membered cyclic amide) rings is 1. The minimum atomic E-state index is -2.44. The van der Waals surface area contributed by atoms with Crippen molar-refractivity contribution in [3.63, 3.8) is 0 Å². The molecule has 2 heterocycles. The standard InChI is InChI=1S/C21H33FN2O4Si/c1-12(2)27-21(26)24-18(17-16(22)10-9-11-23-17)19(20(24)25)28-29(13(3)4,14(5)6)15(7)8/h9-15,18-19H,1-8H3/t18-,19+/m0/s1. The second-order valence-electron chi connectivity index (χ2n) is 8.81. The number of nitrogens with zero attached hydrogens (tertiary/aromatic N) is 2. The summed E-state index contributed by atoms with van der Waals surface area (Å²) >= 11 is 0. The predicted molar refractivity (Wildman–Crippen MR) is 111 cm³/mol. The third kappa shape index (κ3) is 4.23. The van der Waals surface area contributed by atoms with Crippen LogP contribution in [0.3, 0.4) is 0 Å². The SMILES string of the molecule is CC(C)OC(=O)N1C(=O)[C@H](O[Si](C(C)C)(C(C)C)C(C)C)[C@@H]1c1ncccc1F. The first-order valence-electron chi connectivity index (χ1n) is 10.3. The number of likely N-dealkylation sites (tertiary alicyclic amines) is 1. The van der Waals surface area contributed by atoms with E-state index in [1.165, 1.54) is 18.3 Å². The smallest absolute Gasteiger partial charge is 0.417 e. The zero-order valence-electron chi connectivity index (χ0n) is 18.6. The number of imide groups is 1. The number of carbonyl (C=O) groups excluding carboxylic acids is 2. The topological polar surface area (TPSA) is 68.7 Å². The maximum atomic E-state index is 14.6. The molecule has 29 heavy (non-hydrogen) atoms. The van der Waals surface area contributed by atoms with Gasteiger partial charge in [-0.25, -0.2) is 14.1 Å². The highest BCUT2D eigenvalue weighted by Gasteiger charge is 2.59. The molecule has 162 valence electrons. The number of aromatic nitrogens is 1. The zero-order chi connectivity index (χ0) is 22.1. The second-order valence-corrected chi connectivity index (χ2v) is 14.2. The zero-order valence-corrected chi connectivity index (χ0v) is 19.6. The molecule has 1 aliphatic rings. The fourth-order valence-electron chi connectivity index (χ4n) is 4.55. The second kappa shape index (κ2) is 8.91. The van der Waals surface area contributed by atoms with E-state index in [0.29, 0.717) is 0 Å². The van der Waals surface area contributed by atoms with Crippen LogP contribution in [0.4, 0.5) is 9.18 Å². The molecule has 8 heteroatoms. The van der Waals surface area contributed by atoms with E-state index < -0.39 is 44.4 Å². The number of rotatable bonds is 7. The Morgan fingerprint density at radius 2 is 1.66 bits per heavy atom. The van der Waals surface area contributed by atoms with Gasteiger partial charge in [-0.2, -0.15) is 0 Å². The average molecular weight is 425 g/mol. The molecule has 1 saturated heterocycles. The first-order valence-corrected chi connectivity index (χ1v) is 12.4. The van der Waals surface area contributed by atoms with E-state index in [-0.39, 0.29) is 22.3 Å². The fraction of sp³-hybridized carbons (Fsp3) is 0.667. The first kappa shape index (κ1) is 23.5. The number of hydrogen-bond acceptors (Lipinski definition) is 5. The van der Waals surface area contributed by atoms with Crippen LogP contribution in [0.2, 0.25) is 16.6 Å². The lowest BCUT2D eigenvalue weighted by Crippen LogP contribution is -2.66. The Bertz CT molecular complexity index is 732. The molecule has 0 N–H and O–H groups in total. The number of carbonyl (C=O) groups is 2. The van der Waals surface area contributed by atoms with E-state index in [1.54, 1.807) is 13.8 Å². The average Bonchev–Trinajstić information content (AvgIpc) is 2.59. The van der Waals surface area contributed by atoms with Crippen molar-refractivity contribution < 1.29 is 23.1 Å². The van der Waals surface area contributed by atoms with Gasteiger partial charge in [0.25, 0.3) is 5.91 Å². The molecule has 6 nitrogen and oxygen atoms in total. The quantitative estimate of drug-likeness (QED) is 0.444. The molecule has 2 amide bonds. The van der Waals surface area contributed by atoms with Gasteiger partial charge in [0.15, 0.2) is 6.10 Å². The number of ether oxygens (including phenoxy) is 1. The molecular formula is C21H33FN2O4Si. The molecule has 0 radical (unpaired) electrons. The van der Waals surface area contributed by atoms with Crippen molar-refractivity contribution in [3.8, 4) is 0 Å². The van der Waals surface area contributed by atoms with Crippen LogP contribution in [0, 0.1) is 5.82 Å². The van der Waals surface area contributed by atoms with Gasteiger partial charge in [-0.3, -0.25) is 9.78 Å². The summed E-state index contributed by atoms with van der Waals surface area (Å²) in [7, 11) is -2.44. The summed E-state index contributed by atoms with van der Waals surface area (Å²) in [6.45, 7) is 16.0. The third-order valence-electron chi connectivity index (χ3n) is 5.68. The minimum absolute atomic E-state index is 0.0250. The molecule has 0 saturated carbocycles. The van der Waals surface area contributed by atoms with Gasteiger partial charge in [-0.05, 0) is 42.6 Å². The summed E-state index contributed by atoms with van der Waals surface area (Å²) in [6.07, 6.45) is -0.703. The molecule has 1 aliphatic heterocycles. The van der Waals surface area contributed by atoms with Crippen molar-refractivity contribution in [2.45, 2.75) is 90.3 Å². The molecule has 2 atom stereocenters. The van der Waals surface area contributed by atoms with Crippen LogP contribution in [-0.2, 0) is 14.0 Å². The van der Waals surface area contributed by atoms with Crippen molar-refractivity contribution in [2.75, 3.05) is 0 Å². The summed E-state index contributed by atoms with van der Waals surface area (Å²) in [6, 6.07) is 1.81. The molecular weight excluding hydrogens is 391 g/mol. The number of amides is 2. The summed E-state index contributed by atoms with van der Waals surface area (Å²) in [4.78, 5) is 30.6. The van der Waals surface area contributed by atoms with E-state index in [0.717, 1.165) is 4.90 Å². The number of halogens is 1. The van der Waals surface area contributed by atoms with E-state index >= 15 is 0 Å². The lowest BCUT2D eigenvalue weighted by molar-refractivity contribution is -0.162. The van der Waals surface area contributed by atoms with Crippen molar-refractivity contribution in [1.82, 2.24) is 9.88 Å². The van der Waals surface area contributed by atoms with Crippen LogP contribution in [0.5, 0.6) is 0 Å². The van der Waals surface area contributed by atoms with Crippen LogP contribution in [0.25, 0.3) is 0 Å². The van der Waals surface area contributed by atoms with Crippen LogP contribution in [0.15, 0.2) is 18.3 Å². The Morgan fingerprint density at radius 3 is 2.10 bits per heavy atom. The van der Waals surface area contributed by atoms with Crippen LogP contribution >= 0.6 is 0 Å². The van der Waals surface area contributed by atoms with Crippen LogP contribution in [-0.4, -0.2) is 42.4 Å². The molecule has 2 rings (SSSR count). The van der Waals surface area contributed by atoms with Gasteiger partial charge in [0.1, 0.15) is 17.6 Å². The Hall–Kier alpha value is -1.80. The molecule has 1 fully saturated rings. The summed E-state index contributed by atoms with van der Waals surface area (Å²) in [5.74, 6) is -1.07. The van der Waals surface area contributed by atoms with Crippen molar-refractivity contribution in [1.29, 1.82) is 0 Å². The lowest BCUT2D eigenvalue weighted by Gasteiger charge is -2.51. The normalized spacial score (nSPS) is 20.0. The predicted octanol–water partition coefficient (Wildman–Crippen LogP) is 5.21. The Labute approximate surface area is 173 Å². The number of hydrogen-bond donors (Lipinski definition) is 0. The fourth-order valence-corrected chi connectivity index (χ4v) is 10.0.